The number of aromatic hydroxyl groups is 4. The highest BCUT2D eigenvalue weighted by Gasteiger charge is 2.15. The first-order valence-corrected chi connectivity index (χ1v) is 31.8. The summed E-state index contributed by atoms with van der Waals surface area (Å²) in [5, 5.41) is 48.0. The molecule has 10 aromatic rings. The van der Waals surface area contributed by atoms with Crippen molar-refractivity contribution in [1.82, 2.24) is 0 Å². The molecule has 496 valence electrons. The standard InChI is InChI=1S/C25H24FNO3.C25H24FNO2S.C17H16O3.C16H16O/c2*1-16-11-18(12-17(2)24(16)28)5-6-19-13-20(15-22(14-19)27(3)4)25(29)30-23-9-7-21(26)8-10-23;1-11-9-14(10-12(2)16(11)18)4-3-13-5-7-15(8-6-13)17(19)20;1-12-10-15(11-13(2)16(12)17)9-8-14-6-4-3-5-7-14/h2*5-15,28H,1-4H3;3-10,18H,1-2H3,(H,19,20);3-11,17H,1-2H3/b2*6-5+;4-3+;9-8+. The van der Waals surface area contributed by atoms with E-state index in [9.17, 15) is 43.6 Å². The van der Waals surface area contributed by atoms with E-state index < -0.39 is 17.8 Å². The number of hydrogen-bond donors (Lipinski definition) is 5. The van der Waals surface area contributed by atoms with Gasteiger partial charge < -0.3 is 40.1 Å². The third-order valence-corrected chi connectivity index (χ3v) is 16.2. The van der Waals surface area contributed by atoms with Crippen molar-refractivity contribution < 1.29 is 53.4 Å². The van der Waals surface area contributed by atoms with Crippen LogP contribution in [0.1, 0.15) is 120 Å². The summed E-state index contributed by atoms with van der Waals surface area (Å²) in [6.07, 6.45) is 15.8. The van der Waals surface area contributed by atoms with E-state index >= 15 is 0 Å². The molecule has 0 amide bonds. The smallest absolute Gasteiger partial charge is 0.343 e. The van der Waals surface area contributed by atoms with Crippen LogP contribution in [-0.2, 0) is 0 Å². The van der Waals surface area contributed by atoms with E-state index in [0.29, 0.717) is 39.0 Å². The van der Waals surface area contributed by atoms with Crippen LogP contribution < -0.4 is 14.5 Å². The second-order valence-corrected chi connectivity index (χ2v) is 24.8. The number of benzene rings is 10. The van der Waals surface area contributed by atoms with Crippen LogP contribution in [0, 0.1) is 67.0 Å². The van der Waals surface area contributed by atoms with Gasteiger partial charge in [-0.05, 0) is 302 Å². The second-order valence-electron chi connectivity index (χ2n) is 23.8. The number of carbonyl (C=O) groups is 3. The molecule has 97 heavy (non-hydrogen) atoms. The number of carboxylic acid groups (broad SMARTS) is 1. The van der Waals surface area contributed by atoms with Crippen molar-refractivity contribution >= 4 is 88.8 Å². The molecule has 14 heteroatoms. The Hall–Kier alpha value is -11.2. The summed E-state index contributed by atoms with van der Waals surface area (Å²) in [6.45, 7) is 15.0. The van der Waals surface area contributed by atoms with Crippen molar-refractivity contribution in [1.29, 1.82) is 0 Å². The third kappa shape index (κ3) is 21.9. The molecule has 0 fully saturated rings. The van der Waals surface area contributed by atoms with Gasteiger partial charge in [-0.2, -0.15) is 0 Å². The van der Waals surface area contributed by atoms with Gasteiger partial charge in [-0.3, -0.25) is 4.79 Å². The Bertz CT molecular complexity index is 4290. The molecule has 0 heterocycles. The minimum Gasteiger partial charge on any atom is -0.507 e. The number of anilines is 2. The lowest BCUT2D eigenvalue weighted by atomic mass is 10.0. The lowest BCUT2D eigenvalue weighted by Gasteiger charge is -2.15. The van der Waals surface area contributed by atoms with E-state index in [4.69, 9.17) is 9.84 Å². The Labute approximate surface area is 571 Å². The van der Waals surface area contributed by atoms with Gasteiger partial charge in [-0.25, -0.2) is 18.4 Å². The van der Waals surface area contributed by atoms with Crippen LogP contribution in [0.3, 0.4) is 0 Å². The van der Waals surface area contributed by atoms with Crippen molar-refractivity contribution in [3.8, 4) is 28.7 Å². The van der Waals surface area contributed by atoms with Gasteiger partial charge in [0.05, 0.1) is 11.1 Å². The minimum atomic E-state index is -0.926. The number of aromatic carboxylic acids is 1. The van der Waals surface area contributed by atoms with E-state index in [0.717, 1.165) is 107 Å². The van der Waals surface area contributed by atoms with Crippen molar-refractivity contribution in [2.45, 2.75) is 60.3 Å². The minimum absolute atomic E-state index is 0.101. The number of esters is 1. The van der Waals surface area contributed by atoms with E-state index in [1.165, 1.54) is 42.0 Å². The van der Waals surface area contributed by atoms with E-state index in [1.54, 1.807) is 48.5 Å². The predicted octanol–water partition coefficient (Wildman–Crippen LogP) is 20.0. The maximum absolute atomic E-state index is 13.1. The summed E-state index contributed by atoms with van der Waals surface area (Å²) in [5.41, 5.74) is 17.6. The predicted molar refractivity (Wildman–Crippen MR) is 395 cm³/mol. The molecule has 10 rings (SSSR count). The van der Waals surface area contributed by atoms with Crippen LogP contribution in [0.2, 0.25) is 0 Å². The number of rotatable bonds is 15. The summed E-state index contributed by atoms with van der Waals surface area (Å²) in [6, 6.07) is 54.7. The first-order valence-electron chi connectivity index (χ1n) is 31.0. The highest BCUT2D eigenvalue weighted by molar-refractivity contribution is 8.14. The topological polar surface area (TPSA) is 168 Å². The van der Waals surface area contributed by atoms with Crippen molar-refractivity contribution in [3.05, 3.63) is 305 Å². The number of aryl methyl sites for hydroxylation is 8. The fraction of sp³-hybridized carbons (Fsp3) is 0.145. The molecule has 0 aromatic heterocycles. The number of thioether (sulfide) groups is 1. The molecule has 5 N–H and O–H groups in total. The zero-order valence-electron chi connectivity index (χ0n) is 56.4. The summed E-state index contributed by atoms with van der Waals surface area (Å²) < 4.78 is 31.6. The average molecular weight is 1320 g/mol. The molecule has 0 aliphatic heterocycles. The molecule has 10 aromatic carbocycles. The fourth-order valence-corrected chi connectivity index (χ4v) is 10.7. The van der Waals surface area contributed by atoms with Crippen LogP contribution in [-0.4, -0.2) is 70.8 Å². The van der Waals surface area contributed by atoms with Gasteiger partial charge in [0.25, 0.3) is 0 Å². The molecule has 0 spiro atoms. The Kier molecular flexibility index (Phi) is 25.9. The summed E-state index contributed by atoms with van der Waals surface area (Å²) in [4.78, 5) is 40.8. The van der Waals surface area contributed by atoms with Gasteiger partial charge in [-0.15, -0.1) is 0 Å². The van der Waals surface area contributed by atoms with Crippen LogP contribution in [0.5, 0.6) is 28.7 Å². The van der Waals surface area contributed by atoms with Crippen molar-refractivity contribution in [3.63, 3.8) is 0 Å². The van der Waals surface area contributed by atoms with Gasteiger partial charge in [-0.1, -0.05) is 91.1 Å². The molecule has 0 bridgehead atoms. The average Bonchev–Trinajstić information content (AvgIpc) is 0.887. The molecule has 0 aliphatic carbocycles. The Morgan fingerprint density at radius 2 is 0.670 bits per heavy atom. The zero-order chi connectivity index (χ0) is 70.6. The van der Waals surface area contributed by atoms with Crippen molar-refractivity contribution in [2.24, 2.45) is 0 Å². The summed E-state index contributed by atoms with van der Waals surface area (Å²) in [5.74, 6) is -0.551. The van der Waals surface area contributed by atoms with E-state index in [-0.39, 0.29) is 22.2 Å². The zero-order valence-corrected chi connectivity index (χ0v) is 57.3. The molecule has 0 radical (unpaired) electrons. The van der Waals surface area contributed by atoms with E-state index in [1.807, 2.05) is 221 Å². The molecule has 0 unspecified atom stereocenters. The molecule has 0 atom stereocenters. The monoisotopic (exact) mass is 1320 g/mol. The van der Waals surface area contributed by atoms with Crippen molar-refractivity contribution in [2.75, 3.05) is 38.0 Å². The lowest BCUT2D eigenvalue weighted by Crippen LogP contribution is -2.13. The van der Waals surface area contributed by atoms with Crippen LogP contribution in [0.4, 0.5) is 20.2 Å². The lowest BCUT2D eigenvalue weighted by molar-refractivity contribution is 0.0694. The fourth-order valence-electron chi connectivity index (χ4n) is 9.96. The van der Waals surface area contributed by atoms with Gasteiger partial charge in [0, 0.05) is 50.0 Å². The largest absolute Gasteiger partial charge is 0.507 e. The van der Waals surface area contributed by atoms with Gasteiger partial charge >= 0.3 is 11.9 Å². The Morgan fingerprint density at radius 1 is 0.361 bits per heavy atom. The first-order chi connectivity index (χ1) is 46.1. The van der Waals surface area contributed by atoms with E-state index in [2.05, 4.69) is 24.3 Å². The third-order valence-electron chi connectivity index (χ3n) is 15.3. The van der Waals surface area contributed by atoms with Gasteiger partial charge in [0.2, 0.25) is 5.12 Å². The number of carbonyl (C=O) groups excluding carboxylic acids is 2. The molecule has 0 saturated carbocycles. The maximum Gasteiger partial charge on any atom is 0.343 e. The Morgan fingerprint density at radius 3 is 1.02 bits per heavy atom. The number of phenolic OH excluding ortho intramolecular Hbond substituents is 4. The first kappa shape index (κ1) is 73.2. The number of hydrogen-bond acceptors (Lipinski definition) is 11. The highest BCUT2D eigenvalue weighted by atomic mass is 32.2. The van der Waals surface area contributed by atoms with Crippen LogP contribution >= 0.6 is 11.8 Å². The van der Waals surface area contributed by atoms with Crippen LogP contribution in [0.15, 0.2) is 193 Å². The molecule has 11 nitrogen and oxygen atoms in total. The number of phenols is 4. The maximum atomic E-state index is 13.1. The normalized spacial score (nSPS) is 11.0. The van der Waals surface area contributed by atoms with Gasteiger partial charge in [0.1, 0.15) is 40.4 Å². The molecule has 0 aliphatic rings. The molecular weight excluding hydrogens is 1240 g/mol. The quantitative estimate of drug-likeness (QED) is 0.0286. The van der Waals surface area contributed by atoms with Crippen LogP contribution in [0.25, 0.3) is 48.6 Å². The molecule has 0 saturated heterocycles. The number of ether oxygens (including phenoxy) is 1. The Balaban J connectivity index is 0.000000187. The number of nitrogens with zero attached hydrogens (tertiary/aromatic N) is 2. The molecular formula is C83H80F2N2O9S. The van der Waals surface area contributed by atoms with Gasteiger partial charge in [0.15, 0.2) is 0 Å². The SMILES string of the molecule is Cc1cc(/C=C/c2cc(C(=O)Oc3ccc(F)cc3)cc(N(C)C)c2)cc(C)c1O.Cc1cc(/C=C/c2cc(C(=O)Sc3ccc(F)cc3)cc(N(C)C)c2)cc(C)c1O.Cc1cc(/C=C/c2ccc(C(=O)O)cc2)cc(C)c1O.Cc1cc(/C=C/c2ccccc2)cc(C)c1O. The summed E-state index contributed by atoms with van der Waals surface area (Å²) >= 11 is 1.08. The number of carboxylic acids is 1. The highest BCUT2D eigenvalue weighted by Crippen LogP contribution is 2.31. The number of halogens is 2. The summed E-state index contributed by atoms with van der Waals surface area (Å²) in [7, 11) is 7.64. The second kappa shape index (κ2) is 34.3.